The molecule has 0 radical (unpaired) electrons. The zero-order chi connectivity index (χ0) is 18.7. The fraction of sp³-hybridized carbons (Fsp3) is 0.526. The average molecular weight is 380 g/mol. The minimum absolute atomic E-state index is 0.210. The van der Waals surface area contributed by atoms with Gasteiger partial charge < -0.3 is 20.1 Å². The van der Waals surface area contributed by atoms with Crippen LogP contribution >= 0.6 is 12.6 Å². The number of fused-ring (bicyclic) bond motifs is 2. The van der Waals surface area contributed by atoms with Gasteiger partial charge in [-0.1, -0.05) is 6.58 Å². The first-order chi connectivity index (χ1) is 12.4. The molecule has 3 rings (SSSR count). The summed E-state index contributed by atoms with van der Waals surface area (Å²) in [5.41, 5.74) is 0.0935. The first kappa shape index (κ1) is 19.4. The van der Waals surface area contributed by atoms with E-state index in [0.717, 1.165) is 12.8 Å². The number of aliphatic imine (C=N–C) groups is 1. The second kappa shape index (κ2) is 8.08. The van der Waals surface area contributed by atoms with Crippen LogP contribution in [0.3, 0.4) is 0 Å². The second-order valence-electron chi connectivity index (χ2n) is 7.03. The molecule has 2 saturated heterocycles. The summed E-state index contributed by atoms with van der Waals surface area (Å²) in [6.07, 6.45) is 4.28. The van der Waals surface area contributed by atoms with Crippen molar-refractivity contribution in [2.24, 2.45) is 4.99 Å². The molecule has 0 amide bonds. The van der Waals surface area contributed by atoms with Crippen molar-refractivity contribution in [1.29, 1.82) is 0 Å². The fourth-order valence-corrected chi connectivity index (χ4v) is 4.00. The number of anilines is 1. The Labute approximate surface area is 159 Å². The maximum absolute atomic E-state index is 14.1. The number of nitrogens with one attached hydrogen (secondary N) is 2. The predicted octanol–water partition coefficient (Wildman–Crippen LogP) is 3.38. The molecular weight excluding hydrogens is 353 g/mol. The van der Waals surface area contributed by atoms with E-state index >= 15 is 0 Å². The highest BCUT2D eigenvalue weighted by Crippen LogP contribution is 2.39. The van der Waals surface area contributed by atoms with E-state index in [4.69, 9.17) is 9.47 Å². The van der Waals surface area contributed by atoms with Crippen molar-refractivity contribution in [3.63, 3.8) is 0 Å². The Morgan fingerprint density at radius 1 is 1.58 bits per heavy atom. The van der Waals surface area contributed by atoms with Crippen LogP contribution in [0.4, 0.5) is 10.1 Å². The van der Waals surface area contributed by atoms with Gasteiger partial charge in [-0.15, -0.1) is 12.6 Å². The zero-order valence-electron chi connectivity index (χ0n) is 15.2. The van der Waals surface area contributed by atoms with Crippen LogP contribution in [-0.4, -0.2) is 43.3 Å². The number of amidine groups is 1. The van der Waals surface area contributed by atoms with Crippen molar-refractivity contribution < 1.29 is 13.9 Å². The van der Waals surface area contributed by atoms with E-state index in [1.807, 2.05) is 0 Å². The first-order valence-corrected chi connectivity index (χ1v) is 9.27. The summed E-state index contributed by atoms with van der Waals surface area (Å²) in [6.45, 7) is 6.10. The summed E-state index contributed by atoms with van der Waals surface area (Å²) in [4.78, 5) is 4.79. The smallest absolute Gasteiger partial charge is 0.147 e. The molecule has 1 aromatic rings. The Morgan fingerprint density at radius 2 is 2.38 bits per heavy atom. The van der Waals surface area contributed by atoms with E-state index in [0.29, 0.717) is 35.1 Å². The number of halogens is 1. The number of ether oxygens (including phenoxy) is 2. The molecule has 0 aromatic heterocycles. The monoisotopic (exact) mass is 379 g/mol. The summed E-state index contributed by atoms with van der Waals surface area (Å²) < 4.78 is 25.9. The van der Waals surface area contributed by atoms with Gasteiger partial charge in [0.25, 0.3) is 0 Å². The van der Waals surface area contributed by atoms with E-state index < -0.39 is 11.9 Å². The van der Waals surface area contributed by atoms with Crippen LogP contribution in [0.25, 0.3) is 0 Å². The molecular formula is C19H26FN3O2S. The van der Waals surface area contributed by atoms with Gasteiger partial charge in [0, 0.05) is 30.3 Å². The molecule has 2 aliphatic heterocycles. The number of methoxy groups -OCH3 is 1. The molecule has 26 heavy (non-hydrogen) atoms. The SMILES string of the molecule is C=CN=C(Nc1ccc(S)cc1F)C(COC1(C)CC2CCC1N2)OC. The molecule has 7 heteroatoms. The maximum Gasteiger partial charge on any atom is 0.147 e. The van der Waals surface area contributed by atoms with Crippen LogP contribution in [-0.2, 0) is 9.47 Å². The van der Waals surface area contributed by atoms with Gasteiger partial charge in [0.05, 0.1) is 17.9 Å². The Hall–Kier alpha value is -1.41. The Balaban J connectivity index is 1.69. The third-order valence-corrected chi connectivity index (χ3v) is 5.51. The maximum atomic E-state index is 14.1. The molecule has 1 aromatic carbocycles. The van der Waals surface area contributed by atoms with Gasteiger partial charge in [0.1, 0.15) is 17.8 Å². The summed E-state index contributed by atoms with van der Waals surface area (Å²) in [5, 5.41) is 6.58. The number of hydrogen-bond donors (Lipinski definition) is 3. The molecule has 0 spiro atoms. The molecule has 5 nitrogen and oxygen atoms in total. The lowest BCUT2D eigenvalue weighted by molar-refractivity contribution is -0.0752. The van der Waals surface area contributed by atoms with Crippen molar-refractivity contribution in [3.8, 4) is 0 Å². The van der Waals surface area contributed by atoms with Crippen LogP contribution in [0.2, 0.25) is 0 Å². The Morgan fingerprint density at radius 3 is 2.96 bits per heavy atom. The highest BCUT2D eigenvalue weighted by molar-refractivity contribution is 7.80. The van der Waals surface area contributed by atoms with E-state index in [1.54, 1.807) is 19.2 Å². The van der Waals surface area contributed by atoms with Crippen LogP contribution in [0.15, 0.2) is 40.9 Å². The minimum atomic E-state index is -0.459. The lowest BCUT2D eigenvalue weighted by Crippen LogP contribution is -2.45. The van der Waals surface area contributed by atoms with Crippen molar-refractivity contribution >= 4 is 24.2 Å². The topological polar surface area (TPSA) is 54.9 Å². The van der Waals surface area contributed by atoms with Gasteiger partial charge in [-0.3, -0.25) is 0 Å². The zero-order valence-corrected chi connectivity index (χ0v) is 16.1. The third kappa shape index (κ3) is 4.11. The largest absolute Gasteiger partial charge is 0.371 e. The number of benzene rings is 1. The standard InChI is InChI=1S/C19H26FN3O2S/c1-4-21-18(23-15-7-6-13(26)9-14(15)20)16(24-3)11-25-19(2)10-12-5-8-17(19)22-12/h4,6-7,9,12,16-17,22,26H,1,5,8,10-11H2,2-3H3,(H,21,23). The van der Waals surface area contributed by atoms with Crippen LogP contribution in [0.5, 0.6) is 0 Å². The Kier molecular flexibility index (Phi) is 6.02. The van der Waals surface area contributed by atoms with E-state index in [9.17, 15) is 4.39 Å². The highest BCUT2D eigenvalue weighted by atomic mass is 32.1. The number of thiol groups is 1. The molecule has 2 bridgehead atoms. The molecule has 2 aliphatic rings. The van der Waals surface area contributed by atoms with Crippen LogP contribution in [0.1, 0.15) is 26.2 Å². The molecule has 4 atom stereocenters. The number of nitrogens with zero attached hydrogens (tertiary/aromatic N) is 1. The van der Waals surface area contributed by atoms with Gasteiger partial charge >= 0.3 is 0 Å². The molecule has 2 fully saturated rings. The number of hydrogen-bond acceptors (Lipinski definition) is 5. The molecule has 0 aliphatic carbocycles. The summed E-state index contributed by atoms with van der Waals surface area (Å²) >= 11 is 4.14. The van der Waals surface area contributed by atoms with Crippen molar-refractivity contribution in [2.45, 2.75) is 54.9 Å². The predicted molar refractivity (Wildman–Crippen MR) is 105 cm³/mol. The summed E-state index contributed by atoms with van der Waals surface area (Å²) in [7, 11) is 1.59. The summed E-state index contributed by atoms with van der Waals surface area (Å²) in [6, 6.07) is 5.58. The van der Waals surface area contributed by atoms with Gasteiger partial charge in [-0.25, -0.2) is 9.38 Å². The average Bonchev–Trinajstić information content (AvgIpc) is 3.18. The van der Waals surface area contributed by atoms with Crippen molar-refractivity contribution in [1.82, 2.24) is 5.32 Å². The molecule has 0 saturated carbocycles. The molecule has 4 unspecified atom stereocenters. The lowest BCUT2D eigenvalue weighted by atomic mass is 9.86. The second-order valence-corrected chi connectivity index (χ2v) is 7.55. The lowest BCUT2D eigenvalue weighted by Gasteiger charge is -2.34. The molecule has 2 N–H and O–H groups in total. The fourth-order valence-electron chi connectivity index (χ4n) is 3.81. The van der Waals surface area contributed by atoms with Crippen LogP contribution in [0, 0.1) is 5.82 Å². The minimum Gasteiger partial charge on any atom is -0.371 e. The van der Waals surface area contributed by atoms with Gasteiger partial charge in [-0.2, -0.15) is 0 Å². The highest BCUT2D eigenvalue weighted by Gasteiger charge is 2.49. The van der Waals surface area contributed by atoms with Gasteiger partial charge in [0.2, 0.25) is 0 Å². The number of rotatable bonds is 7. The van der Waals surface area contributed by atoms with Gasteiger partial charge in [-0.05, 0) is 44.4 Å². The molecule has 142 valence electrons. The van der Waals surface area contributed by atoms with Gasteiger partial charge in [0.15, 0.2) is 0 Å². The van der Waals surface area contributed by atoms with E-state index in [2.05, 4.69) is 41.8 Å². The summed E-state index contributed by atoms with van der Waals surface area (Å²) in [5.74, 6) is 0.0438. The first-order valence-electron chi connectivity index (χ1n) is 8.82. The third-order valence-electron chi connectivity index (χ3n) is 5.23. The van der Waals surface area contributed by atoms with E-state index in [1.165, 1.54) is 18.7 Å². The van der Waals surface area contributed by atoms with E-state index in [-0.39, 0.29) is 5.60 Å². The van der Waals surface area contributed by atoms with Crippen molar-refractivity contribution in [2.75, 3.05) is 19.0 Å². The molecule has 2 heterocycles. The normalized spacial score (nSPS) is 29.0. The van der Waals surface area contributed by atoms with Crippen LogP contribution < -0.4 is 10.6 Å². The quantitative estimate of drug-likeness (QED) is 0.386. The van der Waals surface area contributed by atoms with Crippen molar-refractivity contribution in [3.05, 3.63) is 36.8 Å². The Bertz CT molecular complexity index is 699.